The van der Waals surface area contributed by atoms with Gasteiger partial charge in [-0.2, -0.15) is 0 Å². The molecule has 0 saturated heterocycles. The summed E-state index contributed by atoms with van der Waals surface area (Å²) < 4.78 is 14.6. The molecule has 1 N–H and O–H groups in total. The van der Waals surface area contributed by atoms with Gasteiger partial charge in [-0.25, -0.2) is 9.37 Å². The number of ketones is 1. The summed E-state index contributed by atoms with van der Waals surface area (Å²) in [6, 6.07) is 10.7. The smallest absolute Gasteiger partial charge is 0.296 e. The molecule has 28 heavy (non-hydrogen) atoms. The molecule has 0 saturated carbocycles. The van der Waals surface area contributed by atoms with Gasteiger partial charge in [0.1, 0.15) is 11.9 Å². The van der Waals surface area contributed by atoms with Crippen LogP contribution < -0.4 is 4.90 Å². The molecule has 1 atom stereocenters. The first-order valence-electron chi connectivity index (χ1n) is 8.20. The summed E-state index contributed by atoms with van der Waals surface area (Å²) in [6.45, 7) is 0. The van der Waals surface area contributed by atoms with Crippen LogP contribution in [0.3, 0.4) is 0 Å². The highest BCUT2D eigenvalue weighted by Crippen LogP contribution is 2.43. The van der Waals surface area contributed by atoms with E-state index in [1.807, 2.05) is 0 Å². The lowest BCUT2D eigenvalue weighted by Crippen LogP contribution is -2.31. The molecule has 2 aromatic carbocycles. The molecule has 0 spiro atoms. The van der Waals surface area contributed by atoms with Gasteiger partial charge in [-0.3, -0.25) is 14.5 Å². The molecular weight excluding hydrogens is 403 g/mol. The van der Waals surface area contributed by atoms with E-state index in [0.29, 0.717) is 5.02 Å². The Morgan fingerprint density at radius 3 is 2.54 bits per heavy atom. The largest absolute Gasteiger partial charge is 0.503 e. The van der Waals surface area contributed by atoms with Crippen LogP contribution in [0.5, 0.6) is 0 Å². The number of thiazole rings is 1. The first-order valence-corrected chi connectivity index (χ1v) is 9.45. The highest BCUT2D eigenvalue weighted by Gasteiger charge is 2.46. The number of aliphatic hydroxyl groups is 1. The van der Waals surface area contributed by atoms with Crippen LogP contribution in [0.15, 0.2) is 71.4 Å². The molecule has 8 heteroatoms. The van der Waals surface area contributed by atoms with Gasteiger partial charge in [0.25, 0.3) is 5.91 Å². The summed E-state index contributed by atoms with van der Waals surface area (Å²) in [5.74, 6) is -2.71. The van der Waals surface area contributed by atoms with Crippen molar-refractivity contribution in [3.63, 3.8) is 0 Å². The second kappa shape index (κ2) is 7.18. The first kappa shape index (κ1) is 18.3. The zero-order chi connectivity index (χ0) is 19.8. The molecule has 0 bridgehead atoms. The summed E-state index contributed by atoms with van der Waals surface area (Å²) in [5, 5.41) is 12.9. The van der Waals surface area contributed by atoms with Crippen molar-refractivity contribution < 1.29 is 19.1 Å². The third-order valence-corrected chi connectivity index (χ3v) is 5.41. The molecule has 1 aliphatic heterocycles. The number of Topliss-reactive ketones (excluding diaryl/α,β-unsaturated/α-hetero) is 1. The molecule has 5 nitrogen and oxygen atoms in total. The number of carbonyl (C=O) groups is 2. The summed E-state index contributed by atoms with van der Waals surface area (Å²) >= 11 is 7.02. The summed E-state index contributed by atoms with van der Waals surface area (Å²) in [4.78, 5) is 31.2. The number of anilines is 1. The maximum atomic E-state index is 14.6. The fourth-order valence-electron chi connectivity index (χ4n) is 3.12. The fourth-order valence-corrected chi connectivity index (χ4v) is 3.91. The molecule has 0 fully saturated rings. The number of halogens is 2. The molecular formula is C20H12ClFN2O3S. The van der Waals surface area contributed by atoms with E-state index in [1.165, 1.54) is 48.7 Å². The van der Waals surface area contributed by atoms with Crippen molar-refractivity contribution in [1.82, 2.24) is 4.98 Å². The predicted molar refractivity (Wildman–Crippen MR) is 104 cm³/mol. The quantitative estimate of drug-likeness (QED) is 0.627. The number of hydrogen-bond donors (Lipinski definition) is 1. The average Bonchev–Trinajstić information content (AvgIpc) is 3.30. The Hall–Kier alpha value is -3.03. The third kappa shape index (κ3) is 2.98. The SMILES string of the molecule is O=C(C1=C(O)C(=O)N(c2nccs2)C1c1ccccc1F)c1ccc(Cl)cc1. The van der Waals surface area contributed by atoms with Crippen molar-refractivity contribution in [2.75, 3.05) is 4.90 Å². The Morgan fingerprint density at radius 2 is 1.89 bits per heavy atom. The van der Waals surface area contributed by atoms with Crippen LogP contribution in [0.1, 0.15) is 22.0 Å². The van der Waals surface area contributed by atoms with Crippen LogP contribution in [0.25, 0.3) is 0 Å². The molecule has 1 aromatic heterocycles. The van der Waals surface area contributed by atoms with Crippen molar-refractivity contribution in [3.05, 3.63) is 93.4 Å². The van der Waals surface area contributed by atoms with E-state index in [2.05, 4.69) is 4.98 Å². The van der Waals surface area contributed by atoms with Gasteiger partial charge in [-0.1, -0.05) is 29.8 Å². The van der Waals surface area contributed by atoms with Gasteiger partial charge >= 0.3 is 0 Å². The minimum atomic E-state index is -1.14. The Bertz CT molecular complexity index is 1100. The monoisotopic (exact) mass is 414 g/mol. The second-order valence-corrected chi connectivity index (χ2v) is 7.32. The van der Waals surface area contributed by atoms with E-state index in [-0.39, 0.29) is 21.8 Å². The summed E-state index contributed by atoms with van der Waals surface area (Å²) in [6.07, 6.45) is 1.49. The summed E-state index contributed by atoms with van der Waals surface area (Å²) in [5.41, 5.74) is 0.112. The predicted octanol–water partition coefficient (Wildman–Crippen LogP) is 4.72. The maximum Gasteiger partial charge on any atom is 0.296 e. The first-order chi connectivity index (χ1) is 13.5. The molecule has 1 aliphatic rings. The average molecular weight is 415 g/mol. The van der Waals surface area contributed by atoms with Crippen LogP contribution in [-0.4, -0.2) is 21.8 Å². The Morgan fingerprint density at radius 1 is 1.18 bits per heavy atom. The van der Waals surface area contributed by atoms with Crippen molar-refractivity contribution in [2.24, 2.45) is 0 Å². The van der Waals surface area contributed by atoms with E-state index in [9.17, 15) is 19.1 Å². The normalized spacial score (nSPS) is 16.7. The lowest BCUT2D eigenvalue weighted by atomic mass is 9.92. The number of rotatable bonds is 4. The van der Waals surface area contributed by atoms with Crippen LogP contribution >= 0.6 is 22.9 Å². The zero-order valence-electron chi connectivity index (χ0n) is 14.2. The van der Waals surface area contributed by atoms with Crippen molar-refractivity contribution in [2.45, 2.75) is 6.04 Å². The second-order valence-electron chi connectivity index (χ2n) is 6.01. The van der Waals surface area contributed by atoms with Gasteiger partial charge in [-0.05, 0) is 30.3 Å². The molecule has 1 unspecified atom stereocenters. The Balaban J connectivity index is 1.89. The van der Waals surface area contributed by atoms with Crippen molar-refractivity contribution in [1.29, 1.82) is 0 Å². The number of hydrogen-bond acceptors (Lipinski definition) is 5. The Kier molecular flexibility index (Phi) is 4.70. The Labute approximate surface area is 168 Å². The minimum absolute atomic E-state index is 0.0902. The van der Waals surface area contributed by atoms with E-state index >= 15 is 0 Å². The van der Waals surface area contributed by atoms with Gasteiger partial charge in [0, 0.05) is 27.7 Å². The number of aromatic nitrogens is 1. The highest BCUT2D eigenvalue weighted by atomic mass is 35.5. The number of nitrogens with zero attached hydrogens (tertiary/aromatic N) is 2. The van der Waals surface area contributed by atoms with E-state index in [1.54, 1.807) is 11.4 Å². The molecule has 1 amide bonds. The summed E-state index contributed by atoms with van der Waals surface area (Å²) in [7, 11) is 0. The van der Waals surface area contributed by atoms with Crippen LogP contribution in [-0.2, 0) is 4.79 Å². The number of aliphatic hydroxyl groups excluding tert-OH is 1. The molecule has 4 rings (SSSR count). The lowest BCUT2D eigenvalue weighted by Gasteiger charge is -2.24. The third-order valence-electron chi connectivity index (χ3n) is 4.38. The van der Waals surface area contributed by atoms with E-state index in [0.717, 1.165) is 16.2 Å². The number of amides is 1. The van der Waals surface area contributed by atoms with E-state index in [4.69, 9.17) is 11.6 Å². The number of benzene rings is 2. The molecule has 140 valence electrons. The van der Waals surface area contributed by atoms with Crippen LogP contribution in [0.4, 0.5) is 9.52 Å². The van der Waals surface area contributed by atoms with Crippen molar-refractivity contribution in [3.8, 4) is 0 Å². The lowest BCUT2D eigenvalue weighted by molar-refractivity contribution is -0.117. The molecule has 2 heterocycles. The standard InChI is InChI=1S/C20H12ClFN2O3S/c21-12-7-5-11(6-8-12)17(25)15-16(13-3-1-2-4-14(13)22)24(19(27)18(15)26)20-23-9-10-28-20/h1-10,16,26H. The van der Waals surface area contributed by atoms with Gasteiger partial charge in [0.2, 0.25) is 0 Å². The van der Waals surface area contributed by atoms with Crippen LogP contribution in [0, 0.1) is 5.82 Å². The topological polar surface area (TPSA) is 70.5 Å². The molecule has 0 radical (unpaired) electrons. The van der Waals surface area contributed by atoms with Gasteiger partial charge in [0.15, 0.2) is 16.7 Å². The highest BCUT2D eigenvalue weighted by molar-refractivity contribution is 7.13. The van der Waals surface area contributed by atoms with Crippen LogP contribution in [0.2, 0.25) is 5.02 Å². The van der Waals surface area contributed by atoms with Crippen molar-refractivity contribution >= 4 is 39.8 Å². The molecule has 0 aliphatic carbocycles. The van der Waals surface area contributed by atoms with Gasteiger partial charge in [0.05, 0.1) is 5.57 Å². The fraction of sp³-hybridized carbons (Fsp3) is 0.0500. The number of carbonyl (C=O) groups excluding carboxylic acids is 2. The van der Waals surface area contributed by atoms with Gasteiger partial charge in [-0.15, -0.1) is 11.3 Å². The molecule has 3 aromatic rings. The maximum absolute atomic E-state index is 14.6. The zero-order valence-corrected chi connectivity index (χ0v) is 15.7. The van der Waals surface area contributed by atoms with Gasteiger partial charge < -0.3 is 5.11 Å². The van der Waals surface area contributed by atoms with E-state index < -0.39 is 29.3 Å². The minimum Gasteiger partial charge on any atom is -0.503 e.